The maximum Gasteiger partial charge on any atom is 0.366 e. The quantitative estimate of drug-likeness (QED) is 0.0262. The van der Waals surface area contributed by atoms with Crippen LogP contribution in [0.1, 0.15) is 97.8 Å². The lowest BCUT2D eigenvalue weighted by Crippen LogP contribution is -3.00. The van der Waals surface area contributed by atoms with Gasteiger partial charge in [-0.3, -0.25) is 19.2 Å². The van der Waals surface area contributed by atoms with Gasteiger partial charge in [-0.1, -0.05) is 51.2 Å². The number of rotatable bonds is 27. The van der Waals surface area contributed by atoms with Crippen LogP contribution < -0.4 is 35.4 Å². The SMILES string of the molecule is CCCCCC(OC(=O)C[N+](C)(C)OC(C)=O)C(O)C/C=C\CCCCCCCC(=O)NCCNC(=O)C[N+](C)(C)CCOC(C)=O.[Cl-].[Cl-]. The van der Waals surface area contributed by atoms with Crippen LogP contribution in [-0.2, 0) is 38.3 Å². The lowest BCUT2D eigenvalue weighted by molar-refractivity contribution is -1.05. The average Bonchev–Trinajstić information content (AvgIpc) is 2.94. The van der Waals surface area contributed by atoms with Gasteiger partial charge in [-0.15, -0.1) is 4.65 Å². The number of unbranched alkanes of at least 4 members (excludes halogenated alkanes) is 7. The van der Waals surface area contributed by atoms with E-state index in [2.05, 4.69) is 17.6 Å². The Morgan fingerprint density at radius 3 is 2.00 bits per heavy atom. The van der Waals surface area contributed by atoms with Gasteiger partial charge in [0.15, 0.2) is 6.54 Å². The van der Waals surface area contributed by atoms with Crippen LogP contribution >= 0.6 is 0 Å². The number of quaternary nitrogens is 2. The van der Waals surface area contributed by atoms with E-state index in [4.69, 9.17) is 14.3 Å². The topological polar surface area (TPSA) is 157 Å². The standard InChI is InChI=1S/C34H62N4O9.2ClH/c1-8-9-16-20-31(46-34(44)27-38(6,7)47-29(3)40)30(41)19-17-14-12-10-11-13-15-18-21-32(42)35-22-23-36-33(43)26-37(4,5)24-25-45-28(2)39;;/h14,17,30-31,41H,8-13,15-16,18-27H2,1-7H3;2*1H/b17-14-;;. The second kappa shape index (κ2) is 29.3. The maximum absolute atomic E-state index is 12.5. The lowest BCUT2D eigenvalue weighted by atomic mass is 10.0. The van der Waals surface area contributed by atoms with Gasteiger partial charge in [0.25, 0.3) is 5.91 Å². The Morgan fingerprint density at radius 2 is 1.39 bits per heavy atom. The Balaban J connectivity index is -0.0000106. The Labute approximate surface area is 306 Å². The Kier molecular flexibility index (Phi) is 30.4. The van der Waals surface area contributed by atoms with E-state index >= 15 is 0 Å². The van der Waals surface area contributed by atoms with Crippen LogP contribution in [0.2, 0.25) is 0 Å². The first-order valence-electron chi connectivity index (χ1n) is 17.1. The molecule has 0 spiro atoms. The predicted molar refractivity (Wildman–Crippen MR) is 179 cm³/mol. The molecule has 0 aromatic heterocycles. The van der Waals surface area contributed by atoms with Crippen molar-refractivity contribution in [1.29, 1.82) is 0 Å². The summed E-state index contributed by atoms with van der Waals surface area (Å²) in [5.41, 5.74) is 0. The van der Waals surface area contributed by atoms with Crippen LogP contribution in [0.15, 0.2) is 12.2 Å². The fraction of sp³-hybridized carbons (Fsp3) is 0.794. The number of ether oxygens (including phenoxy) is 2. The summed E-state index contributed by atoms with van der Waals surface area (Å²) in [5.74, 6) is -1.49. The van der Waals surface area contributed by atoms with Crippen LogP contribution in [0.5, 0.6) is 0 Å². The number of allylic oxidation sites excluding steroid dienone is 1. The highest BCUT2D eigenvalue weighted by Gasteiger charge is 2.29. The molecule has 0 fully saturated rings. The highest BCUT2D eigenvalue weighted by Crippen LogP contribution is 2.16. The second-order valence-electron chi connectivity index (χ2n) is 13.3. The number of hydrogen-bond acceptors (Lipinski definition) is 9. The molecule has 2 atom stereocenters. The van der Waals surface area contributed by atoms with E-state index in [9.17, 15) is 29.1 Å². The third-order valence-corrected chi connectivity index (χ3v) is 7.35. The highest BCUT2D eigenvalue weighted by atomic mass is 35.5. The van der Waals surface area contributed by atoms with Crippen molar-refractivity contribution in [3.8, 4) is 0 Å². The number of likely N-dealkylation sites (N-methyl/N-ethyl adjacent to an activating group) is 2. The molecular formula is C34H64Cl2N4O9. The summed E-state index contributed by atoms with van der Waals surface area (Å²) < 4.78 is 10.7. The largest absolute Gasteiger partial charge is 1.00 e. The van der Waals surface area contributed by atoms with Crippen molar-refractivity contribution in [1.82, 2.24) is 10.6 Å². The van der Waals surface area contributed by atoms with E-state index in [1.165, 1.54) is 13.8 Å². The van der Waals surface area contributed by atoms with Gasteiger partial charge in [0, 0.05) is 33.4 Å². The second-order valence-corrected chi connectivity index (χ2v) is 13.3. The predicted octanol–water partition coefficient (Wildman–Crippen LogP) is -3.05. The van der Waals surface area contributed by atoms with Gasteiger partial charge < -0.3 is 54.5 Å². The molecule has 2 amide bonds. The Morgan fingerprint density at radius 1 is 0.776 bits per heavy atom. The molecule has 13 nitrogen and oxygen atoms in total. The number of halogens is 2. The van der Waals surface area contributed by atoms with E-state index in [0.29, 0.717) is 43.4 Å². The molecule has 2 unspecified atom stereocenters. The molecule has 0 saturated heterocycles. The molecule has 0 radical (unpaired) electrons. The summed E-state index contributed by atoms with van der Waals surface area (Å²) in [5, 5.41) is 16.4. The zero-order valence-corrected chi connectivity index (χ0v) is 32.4. The minimum Gasteiger partial charge on any atom is -1.00 e. The van der Waals surface area contributed by atoms with Gasteiger partial charge in [-0.05, 0) is 38.5 Å². The summed E-state index contributed by atoms with van der Waals surface area (Å²) in [4.78, 5) is 64.0. The summed E-state index contributed by atoms with van der Waals surface area (Å²) >= 11 is 0. The molecule has 0 rings (SSSR count). The number of esters is 2. The molecule has 0 aliphatic carbocycles. The molecule has 0 heterocycles. The van der Waals surface area contributed by atoms with Gasteiger partial charge >= 0.3 is 17.9 Å². The number of carbonyl (C=O) groups is 5. The molecule has 0 aliphatic heterocycles. The van der Waals surface area contributed by atoms with Crippen molar-refractivity contribution in [3.05, 3.63) is 12.2 Å². The molecule has 0 bridgehead atoms. The molecule has 0 aromatic rings. The third-order valence-electron chi connectivity index (χ3n) is 7.35. The van der Waals surface area contributed by atoms with Crippen molar-refractivity contribution in [3.63, 3.8) is 0 Å². The van der Waals surface area contributed by atoms with Crippen molar-refractivity contribution >= 4 is 29.7 Å². The molecule has 49 heavy (non-hydrogen) atoms. The fourth-order valence-corrected chi connectivity index (χ4v) is 4.86. The molecule has 0 aromatic carbocycles. The zero-order chi connectivity index (χ0) is 35.7. The molecule has 0 saturated carbocycles. The van der Waals surface area contributed by atoms with Crippen LogP contribution in [0.4, 0.5) is 0 Å². The summed E-state index contributed by atoms with van der Waals surface area (Å²) in [6.45, 7) is 6.37. The maximum atomic E-state index is 12.5. The monoisotopic (exact) mass is 742 g/mol. The van der Waals surface area contributed by atoms with Gasteiger partial charge in [0.2, 0.25) is 12.5 Å². The average molecular weight is 744 g/mol. The molecule has 288 valence electrons. The summed E-state index contributed by atoms with van der Waals surface area (Å²) in [6, 6.07) is 0. The number of aliphatic hydroxyl groups excluding tert-OH is 1. The number of aliphatic hydroxyl groups is 1. The van der Waals surface area contributed by atoms with Gasteiger partial charge in [0.05, 0.1) is 20.2 Å². The first kappa shape index (κ1) is 50.9. The van der Waals surface area contributed by atoms with Crippen LogP contribution in [0, 0.1) is 0 Å². The summed E-state index contributed by atoms with van der Waals surface area (Å²) in [7, 11) is 6.97. The van der Waals surface area contributed by atoms with Crippen LogP contribution in [0.3, 0.4) is 0 Å². The van der Waals surface area contributed by atoms with Crippen molar-refractivity contribution in [2.24, 2.45) is 0 Å². The van der Waals surface area contributed by atoms with E-state index < -0.39 is 24.1 Å². The number of nitrogens with zero attached hydrogens (tertiary/aromatic N) is 2. The normalized spacial score (nSPS) is 12.6. The summed E-state index contributed by atoms with van der Waals surface area (Å²) in [6.07, 6.45) is 12.6. The van der Waals surface area contributed by atoms with Gasteiger partial charge in [-0.2, -0.15) is 0 Å². The molecule has 15 heteroatoms. The minimum absolute atomic E-state index is 0. The van der Waals surface area contributed by atoms with E-state index in [0.717, 1.165) is 57.8 Å². The minimum atomic E-state index is -0.810. The number of hydrogen-bond donors (Lipinski definition) is 3. The molecule has 3 N–H and O–H groups in total. The Bertz CT molecular complexity index is 981. The zero-order valence-electron chi connectivity index (χ0n) is 30.9. The fourth-order valence-electron chi connectivity index (χ4n) is 4.86. The van der Waals surface area contributed by atoms with E-state index in [1.54, 1.807) is 14.1 Å². The molecular weight excluding hydrogens is 679 g/mol. The lowest BCUT2D eigenvalue weighted by Gasteiger charge is -2.28. The smallest absolute Gasteiger partial charge is 0.366 e. The number of carbonyl (C=O) groups excluding carboxylic acids is 5. The molecule has 0 aliphatic rings. The van der Waals surface area contributed by atoms with Crippen molar-refractivity contribution in [2.45, 2.75) is 110 Å². The van der Waals surface area contributed by atoms with Crippen LogP contribution in [-0.4, -0.2) is 124 Å². The highest BCUT2D eigenvalue weighted by molar-refractivity contribution is 5.77. The van der Waals surface area contributed by atoms with Crippen molar-refractivity contribution in [2.75, 3.05) is 67.5 Å². The number of amides is 2. The van der Waals surface area contributed by atoms with E-state index in [-0.39, 0.29) is 66.9 Å². The first-order valence-corrected chi connectivity index (χ1v) is 17.1. The number of hydroxylamine groups is 3. The number of nitrogens with one attached hydrogen (secondary N) is 2. The van der Waals surface area contributed by atoms with E-state index in [1.807, 2.05) is 26.2 Å². The van der Waals surface area contributed by atoms with Gasteiger partial charge in [0.1, 0.15) is 33.4 Å². The Hall–Kier alpha value is -2.45. The van der Waals surface area contributed by atoms with Crippen LogP contribution in [0.25, 0.3) is 0 Å². The van der Waals surface area contributed by atoms with Gasteiger partial charge in [-0.25, -0.2) is 9.59 Å². The first-order chi connectivity index (χ1) is 22.1. The van der Waals surface area contributed by atoms with Crippen molar-refractivity contribution < 1.29 is 77.3 Å². The third kappa shape index (κ3) is 31.3.